The number of ketones is 1. The van der Waals surface area contributed by atoms with Crippen molar-refractivity contribution in [1.82, 2.24) is 23.6 Å². The summed E-state index contributed by atoms with van der Waals surface area (Å²) in [6.07, 6.45) is 4.98. The highest BCUT2D eigenvalue weighted by atomic mass is 32.1. The number of hydrogen-bond acceptors (Lipinski definition) is 7. The molecule has 10 heteroatoms. The van der Waals surface area contributed by atoms with Gasteiger partial charge in [-0.3, -0.25) is 19.4 Å². The van der Waals surface area contributed by atoms with Crippen LogP contribution in [0, 0.1) is 0 Å². The Kier molecular flexibility index (Phi) is 5.13. The SMILES string of the molecule is NC(=O)C(=O)C(Cn1cccc1)NC(=O)c1nsnc1-c1ccccn1. The van der Waals surface area contributed by atoms with Gasteiger partial charge in [0.15, 0.2) is 5.69 Å². The number of carbonyl (C=O) groups is 3. The van der Waals surface area contributed by atoms with E-state index in [0.717, 1.165) is 11.7 Å². The molecule has 3 aromatic heterocycles. The summed E-state index contributed by atoms with van der Waals surface area (Å²) in [5, 5.41) is 2.52. The monoisotopic (exact) mass is 370 g/mol. The van der Waals surface area contributed by atoms with E-state index in [0.29, 0.717) is 11.4 Å². The van der Waals surface area contributed by atoms with Crippen LogP contribution in [0.1, 0.15) is 10.5 Å². The molecule has 3 heterocycles. The van der Waals surface area contributed by atoms with Crippen molar-refractivity contribution < 1.29 is 14.4 Å². The highest BCUT2D eigenvalue weighted by Crippen LogP contribution is 2.19. The van der Waals surface area contributed by atoms with Gasteiger partial charge in [-0.2, -0.15) is 8.75 Å². The molecule has 0 aliphatic carbocycles. The van der Waals surface area contributed by atoms with E-state index in [1.54, 1.807) is 53.5 Å². The van der Waals surface area contributed by atoms with Gasteiger partial charge in [0.2, 0.25) is 5.78 Å². The minimum Gasteiger partial charge on any atom is -0.363 e. The third-order valence-corrected chi connectivity index (χ3v) is 4.06. The molecule has 0 bridgehead atoms. The number of primary amides is 1. The predicted octanol–water partition coefficient (Wildman–Crippen LogP) is 0.255. The lowest BCUT2D eigenvalue weighted by Crippen LogP contribution is -2.48. The summed E-state index contributed by atoms with van der Waals surface area (Å²) < 4.78 is 9.74. The molecular weight excluding hydrogens is 356 g/mol. The highest BCUT2D eigenvalue weighted by Gasteiger charge is 2.28. The molecule has 0 saturated heterocycles. The quantitative estimate of drug-likeness (QED) is 0.573. The maximum atomic E-state index is 12.6. The predicted molar refractivity (Wildman–Crippen MR) is 93.0 cm³/mol. The largest absolute Gasteiger partial charge is 0.363 e. The lowest BCUT2D eigenvalue weighted by Gasteiger charge is -2.16. The van der Waals surface area contributed by atoms with Gasteiger partial charge in [0.25, 0.3) is 11.8 Å². The number of nitrogens with zero attached hydrogens (tertiary/aromatic N) is 4. The van der Waals surface area contributed by atoms with Crippen LogP contribution in [0.2, 0.25) is 0 Å². The van der Waals surface area contributed by atoms with E-state index in [2.05, 4.69) is 19.0 Å². The van der Waals surface area contributed by atoms with Gasteiger partial charge >= 0.3 is 0 Å². The first-order valence-corrected chi connectivity index (χ1v) is 8.28. The molecule has 0 aliphatic heterocycles. The van der Waals surface area contributed by atoms with Crippen LogP contribution in [-0.2, 0) is 16.1 Å². The van der Waals surface area contributed by atoms with E-state index in [1.165, 1.54) is 0 Å². The summed E-state index contributed by atoms with van der Waals surface area (Å²) in [5.74, 6) is -2.65. The second kappa shape index (κ2) is 7.66. The van der Waals surface area contributed by atoms with Gasteiger partial charge in [-0.05, 0) is 24.3 Å². The van der Waals surface area contributed by atoms with Crippen LogP contribution in [0.15, 0.2) is 48.9 Å². The van der Waals surface area contributed by atoms with Crippen LogP contribution in [0.4, 0.5) is 0 Å². The summed E-state index contributed by atoms with van der Waals surface area (Å²) in [5.41, 5.74) is 5.91. The maximum Gasteiger partial charge on any atom is 0.287 e. The van der Waals surface area contributed by atoms with E-state index in [1.807, 2.05) is 0 Å². The van der Waals surface area contributed by atoms with Crippen molar-refractivity contribution in [3.8, 4) is 11.4 Å². The zero-order valence-corrected chi connectivity index (χ0v) is 14.2. The minimum absolute atomic E-state index is 0.0310. The van der Waals surface area contributed by atoms with Gasteiger partial charge in [-0.25, -0.2) is 0 Å². The smallest absolute Gasteiger partial charge is 0.287 e. The molecule has 0 radical (unpaired) electrons. The minimum atomic E-state index is -1.12. The van der Waals surface area contributed by atoms with Gasteiger partial charge in [0.05, 0.1) is 17.4 Å². The number of pyridine rings is 1. The zero-order chi connectivity index (χ0) is 18.5. The number of nitrogens with one attached hydrogen (secondary N) is 1. The molecule has 3 rings (SSSR count). The van der Waals surface area contributed by atoms with Gasteiger partial charge in [0.1, 0.15) is 11.7 Å². The molecule has 1 atom stereocenters. The normalized spacial score (nSPS) is 11.7. The topological polar surface area (TPSA) is 133 Å². The summed E-state index contributed by atoms with van der Waals surface area (Å²) in [7, 11) is 0. The standard InChI is InChI=1S/C16H14N6O3S/c17-15(24)14(23)11(9-22-7-3-4-8-22)19-16(25)13-12(20-26-21-13)10-5-1-2-6-18-10/h1-8,11H,9H2,(H2,17,24)(H,19,25). The number of nitrogens with two attached hydrogens (primary N) is 1. The molecule has 0 aliphatic rings. The molecule has 3 N–H and O–H groups in total. The Morgan fingerprint density at radius 2 is 1.92 bits per heavy atom. The number of carbonyl (C=O) groups excluding carboxylic acids is 3. The first-order valence-electron chi connectivity index (χ1n) is 7.55. The van der Waals surface area contributed by atoms with E-state index >= 15 is 0 Å². The molecule has 3 aromatic rings. The van der Waals surface area contributed by atoms with Crippen molar-refractivity contribution in [2.45, 2.75) is 12.6 Å². The Bertz CT molecular complexity index is 923. The summed E-state index contributed by atoms with van der Waals surface area (Å²) in [6, 6.07) is 7.59. The molecule has 1 unspecified atom stereocenters. The Labute approximate surface area is 152 Å². The zero-order valence-electron chi connectivity index (χ0n) is 13.4. The lowest BCUT2D eigenvalue weighted by molar-refractivity contribution is -0.137. The van der Waals surface area contributed by atoms with Crippen LogP contribution < -0.4 is 11.1 Å². The Morgan fingerprint density at radius 1 is 1.15 bits per heavy atom. The molecule has 26 heavy (non-hydrogen) atoms. The first-order chi connectivity index (χ1) is 12.6. The second-order valence-electron chi connectivity index (χ2n) is 5.31. The Hall–Kier alpha value is -3.40. The van der Waals surface area contributed by atoms with Gasteiger partial charge in [0, 0.05) is 25.1 Å². The van der Waals surface area contributed by atoms with Crippen molar-refractivity contribution in [3.05, 3.63) is 54.6 Å². The maximum absolute atomic E-state index is 12.6. The van der Waals surface area contributed by atoms with Gasteiger partial charge in [-0.15, -0.1) is 0 Å². The van der Waals surface area contributed by atoms with Crippen LogP contribution in [0.5, 0.6) is 0 Å². The molecular formula is C16H14N6O3S. The fourth-order valence-corrected chi connectivity index (χ4v) is 2.86. The summed E-state index contributed by atoms with van der Waals surface area (Å²) in [6.45, 7) is 0.0665. The number of aromatic nitrogens is 4. The molecule has 0 spiro atoms. The van der Waals surface area contributed by atoms with E-state index < -0.39 is 23.6 Å². The second-order valence-corrected chi connectivity index (χ2v) is 5.84. The third kappa shape index (κ3) is 3.81. The average Bonchev–Trinajstić information content (AvgIpc) is 3.32. The van der Waals surface area contributed by atoms with Crippen molar-refractivity contribution in [3.63, 3.8) is 0 Å². The van der Waals surface area contributed by atoms with Crippen molar-refractivity contribution in [2.75, 3.05) is 0 Å². The van der Waals surface area contributed by atoms with Gasteiger partial charge in [-0.1, -0.05) is 6.07 Å². The Balaban J connectivity index is 1.83. The van der Waals surface area contributed by atoms with E-state index in [4.69, 9.17) is 5.73 Å². The molecule has 9 nitrogen and oxygen atoms in total. The van der Waals surface area contributed by atoms with Gasteiger partial charge < -0.3 is 15.6 Å². The molecule has 0 aromatic carbocycles. The lowest BCUT2D eigenvalue weighted by atomic mass is 10.1. The van der Waals surface area contributed by atoms with Crippen LogP contribution >= 0.6 is 11.7 Å². The van der Waals surface area contributed by atoms with Crippen LogP contribution in [-0.4, -0.2) is 41.9 Å². The molecule has 132 valence electrons. The average molecular weight is 370 g/mol. The molecule has 0 fully saturated rings. The van der Waals surface area contributed by atoms with Crippen molar-refractivity contribution in [1.29, 1.82) is 0 Å². The number of hydrogen-bond donors (Lipinski definition) is 2. The third-order valence-electron chi connectivity index (χ3n) is 3.54. The fourth-order valence-electron chi connectivity index (χ4n) is 2.30. The molecule has 2 amide bonds. The van der Waals surface area contributed by atoms with Crippen LogP contribution in [0.25, 0.3) is 11.4 Å². The summed E-state index contributed by atoms with van der Waals surface area (Å²) >= 11 is 0.854. The van der Waals surface area contributed by atoms with Crippen molar-refractivity contribution in [2.24, 2.45) is 5.73 Å². The summed E-state index contributed by atoms with van der Waals surface area (Å²) in [4.78, 5) is 40.1. The fraction of sp³-hybridized carbons (Fsp3) is 0.125. The number of rotatable bonds is 7. The van der Waals surface area contributed by atoms with Crippen molar-refractivity contribution >= 4 is 29.3 Å². The first kappa shape index (κ1) is 17.4. The highest BCUT2D eigenvalue weighted by molar-refractivity contribution is 6.99. The van der Waals surface area contributed by atoms with Crippen LogP contribution in [0.3, 0.4) is 0 Å². The molecule has 0 saturated carbocycles. The number of amides is 2. The Morgan fingerprint density at radius 3 is 2.58 bits per heavy atom. The number of Topliss-reactive ketones (excluding diaryl/α,β-unsaturated/α-hetero) is 1. The van der Waals surface area contributed by atoms with E-state index in [-0.39, 0.29) is 12.2 Å². The van der Waals surface area contributed by atoms with E-state index in [9.17, 15) is 14.4 Å².